The lowest BCUT2D eigenvalue weighted by molar-refractivity contribution is 0.973. The molecule has 2 nitrogen and oxygen atoms in total. The van der Waals surface area contributed by atoms with Gasteiger partial charge in [-0.05, 0) is 51.2 Å². The molecule has 26 heavy (non-hydrogen) atoms. The quantitative estimate of drug-likeness (QED) is 0.240. The summed E-state index contributed by atoms with van der Waals surface area (Å²) in [6, 6.07) is 24.1. The normalized spacial score (nSPS) is 12.0. The van der Waals surface area contributed by atoms with E-state index in [2.05, 4.69) is 83.5 Å². The maximum atomic E-state index is 4.69. The van der Waals surface area contributed by atoms with Gasteiger partial charge in [0.25, 0.3) is 0 Å². The molecule has 0 fully saturated rings. The average molecular weight is 332 g/mol. The topological polar surface area (TPSA) is 17.8 Å². The number of pyridine rings is 1. The summed E-state index contributed by atoms with van der Waals surface area (Å²) in [6.07, 6.45) is 4.01. The van der Waals surface area contributed by atoms with Crippen LogP contribution >= 0.6 is 0 Å². The minimum absolute atomic E-state index is 1.08. The summed E-state index contributed by atoms with van der Waals surface area (Å²) in [6.45, 7) is 0. The highest BCUT2D eigenvalue weighted by Gasteiger charge is 2.13. The predicted molar refractivity (Wildman–Crippen MR) is 111 cm³/mol. The molecular weight excluding hydrogens is 316 g/mol. The first-order chi connectivity index (χ1) is 12.8. The molecule has 6 rings (SSSR count). The lowest BCUT2D eigenvalue weighted by Crippen LogP contribution is -1.90. The van der Waals surface area contributed by atoms with Gasteiger partial charge >= 0.3 is 0 Å². The number of fused-ring (bicyclic) bond motifs is 9. The van der Waals surface area contributed by atoms with Crippen molar-refractivity contribution in [2.45, 2.75) is 0 Å². The van der Waals surface area contributed by atoms with Gasteiger partial charge in [0.05, 0.1) is 11.0 Å². The van der Waals surface area contributed by atoms with Crippen molar-refractivity contribution in [3.8, 4) is 0 Å². The van der Waals surface area contributed by atoms with Crippen LogP contribution in [0.4, 0.5) is 0 Å². The summed E-state index contributed by atoms with van der Waals surface area (Å²) < 4.78 is 2.21. The Morgan fingerprint density at radius 3 is 2.46 bits per heavy atom. The largest absolute Gasteiger partial charge is 0.350 e. The van der Waals surface area contributed by atoms with Crippen molar-refractivity contribution in [2.75, 3.05) is 0 Å². The van der Waals surface area contributed by atoms with Gasteiger partial charge in [0.15, 0.2) is 0 Å². The second-order valence-corrected chi connectivity index (χ2v) is 6.99. The van der Waals surface area contributed by atoms with Crippen LogP contribution in [0.5, 0.6) is 0 Å². The van der Waals surface area contributed by atoms with Gasteiger partial charge in [-0.3, -0.25) is 4.98 Å². The molecule has 4 aromatic carbocycles. The smallest absolute Gasteiger partial charge is 0.0802 e. The lowest BCUT2D eigenvalue weighted by atomic mass is 9.95. The van der Waals surface area contributed by atoms with Crippen LogP contribution in [0.1, 0.15) is 0 Å². The monoisotopic (exact) mass is 332 g/mol. The molecule has 0 bridgehead atoms. The van der Waals surface area contributed by atoms with E-state index in [-0.39, 0.29) is 0 Å². The fourth-order valence-electron chi connectivity index (χ4n) is 4.37. The minimum Gasteiger partial charge on any atom is -0.350 e. The van der Waals surface area contributed by atoms with E-state index >= 15 is 0 Å². The SMILES string of the molecule is Cn1ccc2c3ncccc3c3cc4ccc5ccccc5c4cc3c21. The summed E-state index contributed by atoms with van der Waals surface area (Å²) >= 11 is 0. The Hall–Kier alpha value is -3.39. The molecule has 6 aromatic rings. The third-order valence-corrected chi connectivity index (χ3v) is 5.56. The highest BCUT2D eigenvalue weighted by Crippen LogP contribution is 2.38. The Morgan fingerprint density at radius 1 is 0.654 bits per heavy atom. The third-order valence-electron chi connectivity index (χ3n) is 5.56. The molecule has 0 saturated carbocycles. The maximum absolute atomic E-state index is 4.69. The molecule has 0 spiro atoms. The standard InChI is InChI=1S/C24H16N2/c1-26-12-10-19-23-18(7-4-11-25-23)21-13-16-9-8-15-5-2-3-6-17(15)20(16)14-22(21)24(19)26/h2-14H,1H3. The van der Waals surface area contributed by atoms with Crippen molar-refractivity contribution in [1.82, 2.24) is 9.55 Å². The minimum atomic E-state index is 1.08. The van der Waals surface area contributed by atoms with E-state index in [1.807, 2.05) is 12.3 Å². The van der Waals surface area contributed by atoms with Gasteiger partial charge in [0.1, 0.15) is 0 Å². The fraction of sp³-hybridized carbons (Fsp3) is 0.0417. The molecule has 0 atom stereocenters. The number of hydrogen-bond donors (Lipinski definition) is 0. The van der Waals surface area contributed by atoms with Crippen molar-refractivity contribution in [3.63, 3.8) is 0 Å². The summed E-state index contributed by atoms with van der Waals surface area (Å²) in [7, 11) is 2.11. The number of aryl methyl sites for hydroxylation is 1. The Kier molecular flexibility index (Phi) is 2.57. The highest BCUT2D eigenvalue weighted by atomic mass is 14.9. The fourth-order valence-corrected chi connectivity index (χ4v) is 4.37. The van der Waals surface area contributed by atoms with E-state index in [0.717, 1.165) is 5.52 Å². The van der Waals surface area contributed by atoms with Crippen LogP contribution in [-0.4, -0.2) is 9.55 Å². The lowest BCUT2D eigenvalue weighted by Gasteiger charge is -2.11. The summed E-state index contributed by atoms with van der Waals surface area (Å²) in [4.78, 5) is 4.69. The first kappa shape index (κ1) is 13.9. The molecule has 0 aliphatic carbocycles. The Balaban J connectivity index is 1.96. The van der Waals surface area contributed by atoms with E-state index in [0.29, 0.717) is 0 Å². The molecule has 0 aliphatic rings. The van der Waals surface area contributed by atoms with Gasteiger partial charge in [-0.25, -0.2) is 0 Å². The first-order valence-electron chi connectivity index (χ1n) is 8.88. The molecule has 0 unspecified atom stereocenters. The van der Waals surface area contributed by atoms with Gasteiger partial charge in [0, 0.05) is 35.6 Å². The van der Waals surface area contributed by atoms with Gasteiger partial charge in [-0.15, -0.1) is 0 Å². The molecule has 2 heterocycles. The Bertz CT molecular complexity index is 1490. The molecule has 0 saturated heterocycles. The molecule has 2 heteroatoms. The van der Waals surface area contributed by atoms with Gasteiger partial charge in [-0.1, -0.05) is 42.5 Å². The van der Waals surface area contributed by atoms with Crippen molar-refractivity contribution in [2.24, 2.45) is 7.05 Å². The van der Waals surface area contributed by atoms with E-state index in [1.165, 1.54) is 48.6 Å². The molecule has 2 aromatic heterocycles. The van der Waals surface area contributed by atoms with Gasteiger partial charge < -0.3 is 4.57 Å². The Labute approximate surface area is 150 Å². The van der Waals surface area contributed by atoms with Crippen molar-refractivity contribution >= 4 is 54.1 Å². The van der Waals surface area contributed by atoms with E-state index < -0.39 is 0 Å². The van der Waals surface area contributed by atoms with Crippen molar-refractivity contribution in [3.05, 3.63) is 79.1 Å². The van der Waals surface area contributed by atoms with Crippen molar-refractivity contribution < 1.29 is 0 Å². The van der Waals surface area contributed by atoms with Crippen LogP contribution in [0.3, 0.4) is 0 Å². The van der Waals surface area contributed by atoms with Crippen LogP contribution in [0.2, 0.25) is 0 Å². The van der Waals surface area contributed by atoms with E-state index in [4.69, 9.17) is 0 Å². The van der Waals surface area contributed by atoms with Crippen LogP contribution in [-0.2, 0) is 7.05 Å². The van der Waals surface area contributed by atoms with Gasteiger partial charge in [0.2, 0.25) is 0 Å². The molecule has 0 aliphatic heterocycles. The molecule has 0 N–H and O–H groups in total. The number of rotatable bonds is 0. The van der Waals surface area contributed by atoms with Crippen molar-refractivity contribution in [1.29, 1.82) is 0 Å². The Morgan fingerprint density at radius 2 is 1.50 bits per heavy atom. The van der Waals surface area contributed by atoms with Gasteiger partial charge in [-0.2, -0.15) is 0 Å². The highest BCUT2D eigenvalue weighted by molar-refractivity contribution is 6.27. The first-order valence-corrected chi connectivity index (χ1v) is 8.88. The maximum Gasteiger partial charge on any atom is 0.0802 e. The zero-order valence-corrected chi connectivity index (χ0v) is 14.4. The molecule has 0 amide bonds. The van der Waals surface area contributed by atoms with E-state index in [1.54, 1.807) is 0 Å². The van der Waals surface area contributed by atoms with Crippen LogP contribution < -0.4 is 0 Å². The molecule has 0 radical (unpaired) electrons. The van der Waals surface area contributed by atoms with Crippen LogP contribution in [0.25, 0.3) is 54.1 Å². The summed E-state index contributed by atoms with van der Waals surface area (Å²) in [5.41, 5.74) is 2.33. The molecule has 122 valence electrons. The second-order valence-electron chi connectivity index (χ2n) is 6.99. The van der Waals surface area contributed by atoms with Crippen LogP contribution in [0.15, 0.2) is 79.1 Å². The predicted octanol–water partition coefficient (Wildman–Crippen LogP) is 6.19. The number of aromatic nitrogens is 2. The number of nitrogens with zero attached hydrogens (tertiary/aromatic N) is 2. The average Bonchev–Trinajstić information content (AvgIpc) is 3.09. The summed E-state index contributed by atoms with van der Waals surface area (Å²) in [5.74, 6) is 0. The van der Waals surface area contributed by atoms with E-state index in [9.17, 15) is 0 Å². The summed E-state index contributed by atoms with van der Waals surface area (Å²) in [5, 5.41) is 10.2. The zero-order chi connectivity index (χ0) is 17.3. The second kappa shape index (κ2) is 4.83. The molecular formula is C24H16N2. The number of benzene rings is 4. The third kappa shape index (κ3) is 1.68. The zero-order valence-electron chi connectivity index (χ0n) is 14.4. The van der Waals surface area contributed by atoms with Crippen LogP contribution in [0, 0.1) is 0 Å². The number of hydrogen-bond acceptors (Lipinski definition) is 1.